The molecule has 0 aliphatic carbocycles. The third-order valence-corrected chi connectivity index (χ3v) is 4.95. The summed E-state index contributed by atoms with van der Waals surface area (Å²) in [6.45, 7) is 3.02. The Hall–Kier alpha value is -2.49. The Morgan fingerprint density at radius 2 is 1.75 bits per heavy atom. The predicted octanol–water partition coefficient (Wildman–Crippen LogP) is 4.19. The minimum Gasteiger partial charge on any atom is -0.336 e. The van der Waals surface area contributed by atoms with Crippen LogP contribution in [-0.4, -0.2) is 33.4 Å². The molecule has 1 aliphatic heterocycles. The lowest BCUT2D eigenvalue weighted by molar-refractivity contribution is 0.0608. The van der Waals surface area contributed by atoms with Crippen molar-refractivity contribution in [1.29, 1.82) is 0 Å². The number of carbonyl (C=O) groups is 1. The number of fused-ring (bicyclic) bond motifs is 2. The van der Waals surface area contributed by atoms with Crippen LogP contribution in [0.4, 0.5) is 0 Å². The van der Waals surface area contributed by atoms with Crippen LogP contribution in [0.15, 0.2) is 42.5 Å². The summed E-state index contributed by atoms with van der Waals surface area (Å²) >= 11 is 0. The highest BCUT2D eigenvalue weighted by Crippen LogP contribution is 2.23. The molecule has 1 fully saturated rings. The number of aromatic nitrogens is 2. The van der Waals surface area contributed by atoms with Gasteiger partial charge in [-0.15, -0.1) is 0 Å². The van der Waals surface area contributed by atoms with Crippen molar-refractivity contribution in [2.45, 2.75) is 38.6 Å². The van der Waals surface area contributed by atoms with E-state index in [0.29, 0.717) is 11.6 Å². The lowest BCUT2D eigenvalue weighted by Crippen LogP contribution is -2.43. The van der Waals surface area contributed by atoms with E-state index in [4.69, 9.17) is 0 Å². The van der Waals surface area contributed by atoms with Gasteiger partial charge in [0, 0.05) is 18.2 Å². The maximum atomic E-state index is 13.0. The number of para-hydroxylation sites is 2. The second kappa shape index (κ2) is 6.19. The Morgan fingerprint density at radius 1 is 1.04 bits per heavy atom. The Labute approximate surface area is 141 Å². The summed E-state index contributed by atoms with van der Waals surface area (Å²) in [7, 11) is 0. The second-order valence-corrected chi connectivity index (χ2v) is 6.47. The molecular weight excluding hydrogens is 298 g/mol. The Morgan fingerprint density at radius 3 is 2.50 bits per heavy atom. The normalized spacial score (nSPS) is 18.2. The van der Waals surface area contributed by atoms with Crippen molar-refractivity contribution in [2.24, 2.45) is 0 Å². The average Bonchev–Trinajstić information content (AvgIpc) is 2.65. The molecule has 2 aromatic carbocycles. The number of likely N-dealkylation sites (tertiary alicyclic amines) is 1. The van der Waals surface area contributed by atoms with Crippen LogP contribution in [-0.2, 0) is 0 Å². The summed E-state index contributed by atoms with van der Waals surface area (Å²) in [4.78, 5) is 24.3. The molecule has 1 amide bonds. The minimum atomic E-state index is 0.124. The largest absolute Gasteiger partial charge is 0.336 e. The first-order valence-electron chi connectivity index (χ1n) is 8.74. The monoisotopic (exact) mass is 319 g/mol. The molecule has 1 unspecified atom stereocenters. The zero-order valence-corrected chi connectivity index (χ0v) is 13.9. The van der Waals surface area contributed by atoms with E-state index in [1.165, 1.54) is 6.42 Å². The number of nitrogens with zero attached hydrogens (tertiary/aromatic N) is 3. The topological polar surface area (TPSA) is 46.1 Å². The van der Waals surface area contributed by atoms with Crippen molar-refractivity contribution >= 4 is 28.0 Å². The number of carbonyl (C=O) groups excluding carboxylic acids is 1. The van der Waals surface area contributed by atoms with Gasteiger partial charge in [0.15, 0.2) is 0 Å². The molecule has 2 heterocycles. The lowest BCUT2D eigenvalue weighted by Gasteiger charge is -2.35. The standard InChI is InChI=1S/C20H21N3O/c1-2-15-7-5-6-12-23(15)20(24)14-10-11-18-19(13-14)22-17-9-4-3-8-16(17)21-18/h3-4,8-11,13,15H,2,5-7,12H2,1H3. The Bertz CT molecular complexity index is 906. The van der Waals surface area contributed by atoms with Crippen molar-refractivity contribution in [3.8, 4) is 0 Å². The average molecular weight is 319 g/mol. The van der Waals surface area contributed by atoms with E-state index in [9.17, 15) is 4.79 Å². The smallest absolute Gasteiger partial charge is 0.254 e. The summed E-state index contributed by atoms with van der Waals surface area (Å²) in [5.41, 5.74) is 4.07. The van der Waals surface area contributed by atoms with Gasteiger partial charge >= 0.3 is 0 Å². The Balaban J connectivity index is 1.73. The van der Waals surface area contributed by atoms with Crippen molar-refractivity contribution < 1.29 is 4.79 Å². The fourth-order valence-electron chi connectivity index (χ4n) is 3.61. The first-order valence-corrected chi connectivity index (χ1v) is 8.74. The van der Waals surface area contributed by atoms with Gasteiger partial charge in [0.2, 0.25) is 0 Å². The van der Waals surface area contributed by atoms with E-state index < -0.39 is 0 Å². The van der Waals surface area contributed by atoms with E-state index in [2.05, 4.69) is 16.9 Å². The number of benzene rings is 2. The number of piperidine rings is 1. The molecule has 0 saturated carbocycles. The SMILES string of the molecule is CCC1CCCCN1C(=O)c1ccc2nc3ccccc3nc2c1. The molecule has 1 aromatic heterocycles. The third-order valence-electron chi connectivity index (χ3n) is 4.95. The minimum absolute atomic E-state index is 0.124. The summed E-state index contributed by atoms with van der Waals surface area (Å²) in [5.74, 6) is 0.124. The Kier molecular flexibility index (Phi) is 3.89. The van der Waals surface area contributed by atoms with Crippen LogP contribution < -0.4 is 0 Å². The van der Waals surface area contributed by atoms with Gasteiger partial charge in [-0.25, -0.2) is 9.97 Å². The van der Waals surface area contributed by atoms with E-state index in [-0.39, 0.29) is 5.91 Å². The molecule has 4 nitrogen and oxygen atoms in total. The molecule has 0 N–H and O–H groups in total. The molecule has 122 valence electrons. The van der Waals surface area contributed by atoms with Crippen LogP contribution in [0.3, 0.4) is 0 Å². The molecule has 1 aliphatic rings. The van der Waals surface area contributed by atoms with Gasteiger partial charge in [-0.2, -0.15) is 0 Å². The maximum absolute atomic E-state index is 13.0. The van der Waals surface area contributed by atoms with Crippen LogP contribution in [0, 0.1) is 0 Å². The summed E-state index contributed by atoms with van der Waals surface area (Å²) in [6.07, 6.45) is 4.45. The molecular formula is C20H21N3O. The molecule has 4 heteroatoms. The summed E-state index contributed by atoms with van der Waals surface area (Å²) in [6, 6.07) is 13.9. The van der Waals surface area contributed by atoms with Gasteiger partial charge in [-0.1, -0.05) is 19.1 Å². The molecule has 24 heavy (non-hydrogen) atoms. The number of rotatable bonds is 2. The number of amides is 1. The van der Waals surface area contributed by atoms with Crippen molar-refractivity contribution in [3.05, 3.63) is 48.0 Å². The molecule has 3 aromatic rings. The number of hydrogen-bond acceptors (Lipinski definition) is 3. The fourth-order valence-corrected chi connectivity index (χ4v) is 3.61. The van der Waals surface area contributed by atoms with Gasteiger partial charge in [-0.3, -0.25) is 4.79 Å². The first kappa shape index (κ1) is 15.1. The van der Waals surface area contributed by atoms with Crippen LogP contribution in [0.2, 0.25) is 0 Å². The van der Waals surface area contributed by atoms with Gasteiger partial charge in [-0.05, 0) is 56.0 Å². The molecule has 1 saturated heterocycles. The lowest BCUT2D eigenvalue weighted by atomic mass is 9.99. The summed E-state index contributed by atoms with van der Waals surface area (Å²) in [5, 5.41) is 0. The highest BCUT2D eigenvalue weighted by atomic mass is 16.2. The molecule has 0 bridgehead atoms. The fraction of sp³-hybridized carbons (Fsp3) is 0.350. The third kappa shape index (κ3) is 2.62. The first-order chi connectivity index (χ1) is 11.8. The van der Waals surface area contributed by atoms with E-state index in [0.717, 1.165) is 47.9 Å². The molecule has 0 radical (unpaired) electrons. The van der Waals surface area contributed by atoms with Gasteiger partial charge in [0.1, 0.15) is 0 Å². The van der Waals surface area contributed by atoms with Crippen LogP contribution >= 0.6 is 0 Å². The number of hydrogen-bond donors (Lipinski definition) is 0. The van der Waals surface area contributed by atoms with Crippen LogP contribution in [0.25, 0.3) is 22.1 Å². The van der Waals surface area contributed by atoms with Crippen molar-refractivity contribution in [1.82, 2.24) is 14.9 Å². The predicted molar refractivity (Wildman–Crippen MR) is 96.0 cm³/mol. The van der Waals surface area contributed by atoms with E-state index in [1.54, 1.807) is 0 Å². The highest BCUT2D eigenvalue weighted by molar-refractivity contribution is 5.98. The van der Waals surface area contributed by atoms with Crippen molar-refractivity contribution in [2.75, 3.05) is 6.54 Å². The second-order valence-electron chi connectivity index (χ2n) is 6.47. The van der Waals surface area contributed by atoms with Gasteiger partial charge in [0.25, 0.3) is 5.91 Å². The van der Waals surface area contributed by atoms with Crippen LogP contribution in [0.5, 0.6) is 0 Å². The molecule has 0 spiro atoms. The van der Waals surface area contributed by atoms with E-state index in [1.807, 2.05) is 47.4 Å². The zero-order valence-electron chi connectivity index (χ0n) is 13.9. The zero-order chi connectivity index (χ0) is 16.5. The highest BCUT2D eigenvalue weighted by Gasteiger charge is 2.26. The maximum Gasteiger partial charge on any atom is 0.254 e. The van der Waals surface area contributed by atoms with Crippen LogP contribution in [0.1, 0.15) is 43.0 Å². The van der Waals surface area contributed by atoms with Gasteiger partial charge < -0.3 is 4.90 Å². The van der Waals surface area contributed by atoms with E-state index >= 15 is 0 Å². The summed E-state index contributed by atoms with van der Waals surface area (Å²) < 4.78 is 0. The molecule has 1 atom stereocenters. The van der Waals surface area contributed by atoms with Crippen molar-refractivity contribution in [3.63, 3.8) is 0 Å². The quantitative estimate of drug-likeness (QED) is 0.665. The van der Waals surface area contributed by atoms with Gasteiger partial charge in [0.05, 0.1) is 22.1 Å². The molecule has 4 rings (SSSR count).